The minimum atomic E-state index is -0.749. The van der Waals surface area contributed by atoms with E-state index in [1.54, 1.807) is 49.8 Å². The largest absolute Gasteiger partial charge is 0.497 e. The number of fused-ring (bicyclic) bond motifs is 1. The smallest absolute Gasteiger partial charge is 0.330 e. The van der Waals surface area contributed by atoms with Gasteiger partial charge in [0.1, 0.15) is 24.7 Å². The van der Waals surface area contributed by atoms with Crippen molar-refractivity contribution in [2.45, 2.75) is 53.5 Å². The van der Waals surface area contributed by atoms with Crippen LogP contribution in [-0.4, -0.2) is 132 Å². The number of hydrogen-bond donors (Lipinski definition) is 5. The van der Waals surface area contributed by atoms with E-state index in [4.69, 9.17) is 14.2 Å². The maximum absolute atomic E-state index is 14.1. The Balaban J connectivity index is 0.972. The molecule has 0 saturated carbocycles. The zero-order valence-electron chi connectivity index (χ0n) is 40.6. The first-order valence-electron chi connectivity index (χ1n) is 23.8. The molecule has 17 heteroatoms. The molecule has 0 atom stereocenters. The molecule has 4 heterocycles. The Morgan fingerprint density at radius 3 is 2.49 bits per heavy atom. The number of carbonyl (C=O) groups is 5. The maximum Gasteiger partial charge on any atom is 0.330 e. The van der Waals surface area contributed by atoms with Gasteiger partial charge in [0.05, 0.1) is 36.7 Å². The third-order valence-corrected chi connectivity index (χ3v) is 12.6. The van der Waals surface area contributed by atoms with E-state index < -0.39 is 12.0 Å². The lowest BCUT2D eigenvalue weighted by Gasteiger charge is -2.24. The number of methoxy groups -OCH3 is 1. The molecule has 3 aromatic carbocycles. The molecular formula is C53H63N9O8. The Morgan fingerprint density at radius 2 is 1.73 bits per heavy atom. The first-order valence-corrected chi connectivity index (χ1v) is 23.8. The van der Waals surface area contributed by atoms with Crippen molar-refractivity contribution in [1.82, 2.24) is 35.2 Å². The van der Waals surface area contributed by atoms with Crippen molar-refractivity contribution < 1.29 is 38.2 Å². The summed E-state index contributed by atoms with van der Waals surface area (Å²) in [5.41, 5.74) is 7.84. The maximum atomic E-state index is 14.1. The molecule has 7 rings (SSSR count). The van der Waals surface area contributed by atoms with Crippen LogP contribution in [0.5, 0.6) is 11.5 Å². The number of anilines is 2. The number of nitrogens with one attached hydrogen (secondary N) is 5. The predicted octanol–water partition coefficient (Wildman–Crippen LogP) is 7.01. The normalized spacial score (nSPS) is 14.0. The molecule has 0 spiro atoms. The number of ether oxygens (including phenoxy) is 3. The average Bonchev–Trinajstić information content (AvgIpc) is 4.19. The molecule has 0 aliphatic carbocycles. The second-order valence-corrected chi connectivity index (χ2v) is 17.3. The van der Waals surface area contributed by atoms with Gasteiger partial charge < -0.3 is 44.9 Å². The highest BCUT2D eigenvalue weighted by molar-refractivity contribution is 6.35. The van der Waals surface area contributed by atoms with E-state index in [-0.39, 0.29) is 43.7 Å². The predicted molar refractivity (Wildman–Crippen MR) is 270 cm³/mol. The molecule has 5 N–H and O–H groups in total. The molecule has 0 unspecified atom stereocenters. The van der Waals surface area contributed by atoms with Crippen LogP contribution in [0.4, 0.5) is 16.2 Å². The molecule has 1 saturated heterocycles. The number of likely N-dealkylation sites (N-methyl/N-ethyl adjacent to an activating group) is 1. The van der Waals surface area contributed by atoms with Crippen molar-refractivity contribution in [3.63, 3.8) is 0 Å². The first-order chi connectivity index (χ1) is 33.9. The fraction of sp³-hybridized carbons (Fsp3) is 0.358. The van der Waals surface area contributed by atoms with E-state index in [0.717, 1.165) is 73.7 Å². The van der Waals surface area contributed by atoms with Crippen LogP contribution in [0.15, 0.2) is 85.2 Å². The van der Waals surface area contributed by atoms with E-state index in [1.165, 1.54) is 17.7 Å². The number of amides is 4. The van der Waals surface area contributed by atoms with Gasteiger partial charge in [0, 0.05) is 73.1 Å². The number of likely N-dealkylation sites (tertiary alicyclic amines) is 1. The monoisotopic (exact) mass is 953 g/mol. The number of benzene rings is 3. The van der Waals surface area contributed by atoms with Crippen molar-refractivity contribution in [3.8, 4) is 22.6 Å². The van der Waals surface area contributed by atoms with Crippen LogP contribution >= 0.6 is 0 Å². The summed E-state index contributed by atoms with van der Waals surface area (Å²) in [5, 5.41) is 15.8. The molecule has 17 nitrogen and oxygen atoms in total. The van der Waals surface area contributed by atoms with Crippen LogP contribution in [0.1, 0.15) is 70.7 Å². The zero-order valence-corrected chi connectivity index (χ0v) is 40.6. The third-order valence-electron chi connectivity index (χ3n) is 12.6. The molecule has 2 aromatic heterocycles. The topological polar surface area (TPSA) is 203 Å². The molecule has 1 fully saturated rings. The van der Waals surface area contributed by atoms with E-state index in [9.17, 15) is 24.0 Å². The average molecular weight is 954 g/mol. The fourth-order valence-corrected chi connectivity index (χ4v) is 8.64. The highest BCUT2D eigenvalue weighted by Gasteiger charge is 2.27. The third kappa shape index (κ3) is 13.2. The zero-order chi connectivity index (χ0) is 49.6. The second kappa shape index (κ2) is 24.2. The molecule has 70 heavy (non-hydrogen) atoms. The van der Waals surface area contributed by atoms with Gasteiger partial charge in [-0.2, -0.15) is 5.10 Å². The van der Waals surface area contributed by atoms with Gasteiger partial charge in [-0.3, -0.25) is 24.4 Å². The van der Waals surface area contributed by atoms with Crippen LogP contribution in [0.3, 0.4) is 0 Å². The Morgan fingerprint density at radius 1 is 0.914 bits per heavy atom. The molecule has 2 aliphatic rings. The number of nitrogens with zero attached hydrogens (tertiary/aromatic N) is 4. The van der Waals surface area contributed by atoms with Crippen molar-refractivity contribution in [1.29, 1.82) is 0 Å². The van der Waals surface area contributed by atoms with Crippen LogP contribution in [0.2, 0.25) is 0 Å². The van der Waals surface area contributed by atoms with Gasteiger partial charge in [0.15, 0.2) is 5.78 Å². The lowest BCUT2D eigenvalue weighted by Crippen LogP contribution is -2.37. The van der Waals surface area contributed by atoms with E-state index in [2.05, 4.69) is 54.8 Å². The van der Waals surface area contributed by atoms with E-state index in [1.807, 2.05) is 50.2 Å². The lowest BCUT2D eigenvalue weighted by atomic mass is 9.99. The summed E-state index contributed by atoms with van der Waals surface area (Å²) < 4.78 is 17.2. The summed E-state index contributed by atoms with van der Waals surface area (Å²) in [5.74, 6) is -0.456. The summed E-state index contributed by atoms with van der Waals surface area (Å²) in [6, 6.07) is 17.7. The number of aromatic nitrogens is 3. The number of esters is 1. The molecule has 5 aromatic rings. The number of aryl methyl sites for hydroxylation is 1. The molecule has 368 valence electrons. The SMILES string of the molecule is CCN(CC)CCNC(=O)c1c(C)[nH]c(/C=C2\C(=O)Nc3ccc(CC(=O)/C=C/C(=O)OCCN(Cc4cccc(OC)c4)C(=O)Nc4ccc(-c5cn[nH]c5)cc4OCCN4CCCC4)cc32)c1C. The van der Waals surface area contributed by atoms with Crippen LogP contribution in [-0.2, 0) is 32.1 Å². The number of allylic oxidation sites excluding steroid dienone is 1. The standard InChI is InChI=1S/C53H63N9O8/c1-6-60(7-2)22-19-54-52(66)50-35(3)47(57-36(50)4)31-44-43-29-37(13-16-45(43)58-51(44)65)27-41(63)15-18-49(64)70-26-24-62(34-38-11-10-12-42(28-38)68-5)53(67)59-46-17-14-39(40-32-55-56-33-40)30-48(46)69-25-23-61-20-8-9-21-61/h10-18,28-33,57H,6-9,19-27,34H2,1-5H3,(H,54,66)(H,55,56)(H,58,65)(H,59,67)/b18-15+,44-31-. The van der Waals surface area contributed by atoms with Gasteiger partial charge in [-0.15, -0.1) is 0 Å². The van der Waals surface area contributed by atoms with E-state index >= 15 is 0 Å². The molecule has 2 aliphatic heterocycles. The lowest BCUT2D eigenvalue weighted by molar-refractivity contribution is -0.138. The minimum Gasteiger partial charge on any atom is -0.497 e. The number of carbonyl (C=O) groups excluding carboxylic acids is 5. The van der Waals surface area contributed by atoms with Crippen LogP contribution in [0.25, 0.3) is 22.8 Å². The van der Waals surface area contributed by atoms with Gasteiger partial charge in [0.25, 0.3) is 11.8 Å². The van der Waals surface area contributed by atoms with Gasteiger partial charge in [-0.1, -0.05) is 38.1 Å². The Labute approximate surface area is 408 Å². The summed E-state index contributed by atoms with van der Waals surface area (Å²) in [6.45, 7) is 14.2. The van der Waals surface area contributed by atoms with Crippen molar-refractivity contribution in [3.05, 3.63) is 124 Å². The molecule has 0 radical (unpaired) electrons. The summed E-state index contributed by atoms with van der Waals surface area (Å²) in [6.07, 6.45) is 9.76. The number of H-pyrrole nitrogens is 2. The molecular weight excluding hydrogens is 891 g/mol. The molecule has 4 amide bonds. The number of rotatable bonds is 23. The number of urea groups is 1. The van der Waals surface area contributed by atoms with Gasteiger partial charge in [0.2, 0.25) is 0 Å². The summed E-state index contributed by atoms with van der Waals surface area (Å²) in [7, 11) is 1.57. The first kappa shape index (κ1) is 50.4. The highest BCUT2D eigenvalue weighted by atomic mass is 16.5. The summed E-state index contributed by atoms with van der Waals surface area (Å²) >= 11 is 0. The van der Waals surface area contributed by atoms with Crippen molar-refractivity contribution in [2.24, 2.45) is 0 Å². The van der Waals surface area contributed by atoms with Crippen molar-refractivity contribution in [2.75, 3.05) is 83.3 Å². The van der Waals surface area contributed by atoms with Gasteiger partial charge in [-0.05, 0) is 124 Å². The quantitative estimate of drug-likeness (QED) is 0.0333. The summed E-state index contributed by atoms with van der Waals surface area (Å²) in [4.78, 5) is 76.0. The fourth-order valence-electron chi connectivity index (χ4n) is 8.64. The highest BCUT2D eigenvalue weighted by Crippen LogP contribution is 2.35. The Hall–Kier alpha value is -7.50. The van der Waals surface area contributed by atoms with E-state index in [0.29, 0.717) is 69.7 Å². The van der Waals surface area contributed by atoms with Crippen LogP contribution < -0.4 is 25.4 Å². The van der Waals surface area contributed by atoms with Gasteiger partial charge in [-0.25, -0.2) is 9.59 Å². The Bertz CT molecular complexity index is 2720. The Kier molecular flexibility index (Phi) is 17.4. The minimum absolute atomic E-state index is 0.0274. The second-order valence-electron chi connectivity index (χ2n) is 17.3. The van der Waals surface area contributed by atoms with Gasteiger partial charge >= 0.3 is 12.0 Å². The number of ketones is 1. The molecule has 0 bridgehead atoms. The van der Waals surface area contributed by atoms with Crippen LogP contribution in [0, 0.1) is 13.8 Å². The number of aromatic amines is 2. The number of hydrogen-bond acceptors (Lipinski definition) is 11. The van der Waals surface area contributed by atoms with Crippen molar-refractivity contribution >= 4 is 52.6 Å².